The fourth-order valence-electron chi connectivity index (χ4n) is 5.82. The van der Waals surface area contributed by atoms with Crippen molar-refractivity contribution in [3.63, 3.8) is 0 Å². The van der Waals surface area contributed by atoms with Gasteiger partial charge in [0.1, 0.15) is 29.7 Å². The Hall–Kier alpha value is -3.47. The summed E-state index contributed by atoms with van der Waals surface area (Å²) in [6, 6.07) is 15.3. The number of hydrogen-bond acceptors (Lipinski definition) is 6. The van der Waals surface area contributed by atoms with Gasteiger partial charge in [0.15, 0.2) is 0 Å². The number of rotatable bonds is 7. The maximum absolute atomic E-state index is 13.4. The first kappa shape index (κ1) is 32.9. The number of esters is 1. The summed E-state index contributed by atoms with van der Waals surface area (Å²) >= 11 is 12.3. The fourth-order valence-corrected chi connectivity index (χ4v) is 6.13. The molecule has 3 aromatic carbocycles. The lowest BCUT2D eigenvalue weighted by Gasteiger charge is -2.36. The molecule has 0 aliphatic carbocycles. The van der Waals surface area contributed by atoms with Crippen LogP contribution < -0.4 is 9.47 Å². The van der Waals surface area contributed by atoms with Crippen molar-refractivity contribution < 1.29 is 37.0 Å². The van der Waals surface area contributed by atoms with Crippen LogP contribution in [0.5, 0.6) is 11.5 Å². The molecule has 12 heteroatoms. The van der Waals surface area contributed by atoms with Crippen molar-refractivity contribution in [1.29, 1.82) is 0 Å². The van der Waals surface area contributed by atoms with Crippen LogP contribution in [0.4, 0.5) is 13.2 Å². The predicted molar refractivity (Wildman–Crippen MR) is 163 cm³/mol. The maximum atomic E-state index is 13.4. The molecule has 45 heavy (non-hydrogen) atoms. The van der Waals surface area contributed by atoms with Gasteiger partial charge in [0.05, 0.1) is 30.2 Å². The lowest BCUT2D eigenvalue weighted by atomic mass is 9.91. The van der Waals surface area contributed by atoms with E-state index in [9.17, 15) is 22.8 Å². The van der Waals surface area contributed by atoms with E-state index in [2.05, 4.69) is 0 Å². The van der Waals surface area contributed by atoms with E-state index < -0.39 is 30.8 Å². The number of carbonyl (C=O) groups is 2. The normalized spacial score (nSPS) is 19.1. The third-order valence-corrected chi connectivity index (χ3v) is 8.88. The first-order valence-electron chi connectivity index (χ1n) is 14.5. The summed E-state index contributed by atoms with van der Waals surface area (Å²) in [6.07, 6.45) is -4.54. The summed E-state index contributed by atoms with van der Waals surface area (Å²) < 4.78 is 57.7. The van der Waals surface area contributed by atoms with Gasteiger partial charge < -0.3 is 19.1 Å². The lowest BCUT2D eigenvalue weighted by molar-refractivity contribution is -0.165. The second kappa shape index (κ2) is 13.5. The van der Waals surface area contributed by atoms with E-state index in [1.54, 1.807) is 23.1 Å². The van der Waals surface area contributed by atoms with Crippen LogP contribution in [0.1, 0.15) is 60.3 Å². The molecule has 0 fully saturated rings. The Balaban J connectivity index is 1.40. The minimum Gasteiger partial charge on any atom is -0.486 e. The zero-order valence-corrected chi connectivity index (χ0v) is 26.5. The van der Waals surface area contributed by atoms with Crippen molar-refractivity contribution in [2.75, 3.05) is 20.2 Å². The summed E-state index contributed by atoms with van der Waals surface area (Å²) in [5.74, 6) is 0.242. The number of nitrogens with zero attached hydrogens (tertiary/aromatic N) is 2. The van der Waals surface area contributed by atoms with E-state index in [1.165, 1.54) is 6.92 Å². The van der Waals surface area contributed by atoms with Crippen LogP contribution in [0.3, 0.4) is 0 Å². The van der Waals surface area contributed by atoms with Gasteiger partial charge in [-0.15, -0.1) is 0 Å². The second-order valence-corrected chi connectivity index (χ2v) is 12.1. The van der Waals surface area contributed by atoms with Crippen LogP contribution in [0, 0.1) is 0 Å². The van der Waals surface area contributed by atoms with Crippen molar-refractivity contribution in [2.45, 2.75) is 64.2 Å². The van der Waals surface area contributed by atoms with Gasteiger partial charge in [-0.1, -0.05) is 48.3 Å². The Labute approximate surface area is 269 Å². The standard InChI is InChI=1S/C33H33Cl2F3N2O5/c1-4-29(21-7-10-26(34)27(35)12-21)44-25-8-5-20(6-9-25)31-17-39(19(2)41)16-24-11-22-13-28(32(42)43-3)40(18-33(36,37)38)15-23(22)14-30(24)45-31/h5-12,14,28-29,31H,4,13,15-18H2,1-3H3/t28-,29+,31+/m0/s1. The molecule has 0 radical (unpaired) electrons. The number of amides is 1. The summed E-state index contributed by atoms with van der Waals surface area (Å²) in [7, 11) is 1.16. The Morgan fingerprint density at radius 2 is 1.73 bits per heavy atom. The molecule has 240 valence electrons. The van der Waals surface area contributed by atoms with E-state index >= 15 is 0 Å². The topological polar surface area (TPSA) is 68.3 Å². The van der Waals surface area contributed by atoms with Gasteiger partial charge in [0, 0.05) is 25.6 Å². The lowest BCUT2D eigenvalue weighted by Crippen LogP contribution is -2.49. The second-order valence-electron chi connectivity index (χ2n) is 11.3. The van der Waals surface area contributed by atoms with Crippen LogP contribution in [-0.4, -0.2) is 54.1 Å². The summed E-state index contributed by atoms with van der Waals surface area (Å²) in [5, 5.41) is 0.915. The number of ether oxygens (including phenoxy) is 3. The molecule has 3 aromatic rings. The van der Waals surface area contributed by atoms with Gasteiger partial charge in [0.2, 0.25) is 5.91 Å². The summed E-state index contributed by atoms with van der Waals surface area (Å²) in [4.78, 5) is 27.8. The minimum atomic E-state index is -4.49. The molecular formula is C33H33Cl2F3N2O5. The van der Waals surface area contributed by atoms with Gasteiger partial charge in [-0.25, -0.2) is 0 Å². The smallest absolute Gasteiger partial charge is 0.401 e. The van der Waals surface area contributed by atoms with Crippen molar-refractivity contribution in [3.8, 4) is 11.5 Å². The van der Waals surface area contributed by atoms with Crippen molar-refractivity contribution in [2.24, 2.45) is 0 Å². The van der Waals surface area contributed by atoms with Gasteiger partial charge in [0.25, 0.3) is 0 Å². The largest absolute Gasteiger partial charge is 0.486 e. The van der Waals surface area contributed by atoms with Crippen LogP contribution in [0.2, 0.25) is 10.0 Å². The molecule has 3 atom stereocenters. The number of hydrogen-bond donors (Lipinski definition) is 0. The van der Waals surface area contributed by atoms with Crippen LogP contribution in [0.15, 0.2) is 54.6 Å². The molecule has 2 aliphatic rings. The molecule has 0 unspecified atom stereocenters. The Morgan fingerprint density at radius 1 is 1.00 bits per heavy atom. The van der Waals surface area contributed by atoms with Crippen molar-refractivity contribution >= 4 is 35.1 Å². The third-order valence-electron chi connectivity index (χ3n) is 8.14. The SMILES string of the molecule is CC[C@@H](Oc1ccc([C@H]2CN(C(C)=O)Cc3cc4c(cc3O2)CN(CC(F)(F)F)[C@H](C(=O)OC)C4)cc1)c1ccc(Cl)c(Cl)c1. The van der Waals surface area contributed by atoms with Gasteiger partial charge >= 0.3 is 12.1 Å². The molecule has 5 rings (SSSR count). The van der Waals surface area contributed by atoms with Crippen LogP contribution in [0.25, 0.3) is 0 Å². The monoisotopic (exact) mass is 664 g/mol. The highest BCUT2D eigenvalue weighted by atomic mass is 35.5. The number of methoxy groups -OCH3 is 1. The zero-order chi connectivity index (χ0) is 32.5. The number of halogens is 5. The summed E-state index contributed by atoms with van der Waals surface area (Å²) in [6.45, 7) is 2.66. The zero-order valence-electron chi connectivity index (χ0n) is 25.0. The average molecular weight is 666 g/mol. The minimum absolute atomic E-state index is 0.0529. The van der Waals surface area contributed by atoms with Gasteiger partial charge in [-0.2, -0.15) is 13.2 Å². The third kappa shape index (κ3) is 7.68. The molecule has 7 nitrogen and oxygen atoms in total. The molecule has 0 aromatic heterocycles. The highest BCUT2D eigenvalue weighted by Crippen LogP contribution is 2.38. The van der Waals surface area contributed by atoms with Crippen LogP contribution >= 0.6 is 23.2 Å². The van der Waals surface area contributed by atoms with E-state index in [-0.39, 0.29) is 38.1 Å². The highest BCUT2D eigenvalue weighted by molar-refractivity contribution is 6.42. The first-order valence-corrected chi connectivity index (χ1v) is 15.3. The Bertz CT molecular complexity index is 1570. The Kier molecular flexibility index (Phi) is 9.86. The quantitative estimate of drug-likeness (QED) is 0.244. The molecule has 1 amide bonds. The van der Waals surface area contributed by atoms with Crippen molar-refractivity contribution in [1.82, 2.24) is 9.80 Å². The molecule has 0 spiro atoms. The Morgan fingerprint density at radius 3 is 2.36 bits per heavy atom. The van der Waals surface area contributed by atoms with Gasteiger partial charge in [-0.3, -0.25) is 14.5 Å². The van der Waals surface area contributed by atoms with Gasteiger partial charge in [-0.05, 0) is 71.5 Å². The summed E-state index contributed by atoms with van der Waals surface area (Å²) in [5.41, 5.74) is 3.76. The molecule has 0 saturated heterocycles. The van der Waals surface area contributed by atoms with E-state index in [0.29, 0.717) is 39.1 Å². The van der Waals surface area contributed by atoms with E-state index in [1.807, 2.05) is 43.3 Å². The van der Waals surface area contributed by atoms with Crippen LogP contribution in [-0.2, 0) is 33.8 Å². The number of alkyl halides is 3. The molecule has 0 bridgehead atoms. The number of benzene rings is 3. The molecule has 0 N–H and O–H groups in total. The van der Waals surface area contributed by atoms with Crippen molar-refractivity contribution in [3.05, 3.63) is 92.5 Å². The molecule has 2 heterocycles. The highest BCUT2D eigenvalue weighted by Gasteiger charge is 2.40. The molecule has 2 aliphatic heterocycles. The maximum Gasteiger partial charge on any atom is 0.401 e. The molecule has 0 saturated carbocycles. The number of carbonyl (C=O) groups excluding carboxylic acids is 2. The van der Waals surface area contributed by atoms with E-state index in [0.717, 1.165) is 28.7 Å². The number of fused-ring (bicyclic) bond motifs is 2. The first-order chi connectivity index (χ1) is 21.3. The average Bonchev–Trinajstić information content (AvgIpc) is 3.18. The molecular weight excluding hydrogens is 632 g/mol. The fraction of sp³-hybridized carbons (Fsp3) is 0.394. The van der Waals surface area contributed by atoms with E-state index in [4.69, 9.17) is 37.4 Å². The predicted octanol–water partition coefficient (Wildman–Crippen LogP) is 7.47.